The van der Waals surface area contributed by atoms with Crippen LogP contribution >= 0.6 is 0 Å². The molecule has 1 rings (SSSR count). The van der Waals surface area contributed by atoms with Crippen molar-refractivity contribution in [1.29, 1.82) is 0 Å². The zero-order valence-corrected chi connectivity index (χ0v) is 8.67. The third kappa shape index (κ3) is 3.07. The molecule has 0 aliphatic rings. The van der Waals surface area contributed by atoms with E-state index in [0.717, 1.165) is 13.0 Å². The maximum atomic E-state index is 3.20. The number of anilines is 1. The van der Waals surface area contributed by atoms with Crippen LogP contribution in [0, 0.1) is 0 Å². The molecule has 0 spiro atoms. The van der Waals surface area contributed by atoms with E-state index in [1.54, 1.807) is 0 Å². The highest BCUT2D eigenvalue weighted by atomic mass is 15.0. The van der Waals surface area contributed by atoms with Crippen LogP contribution in [0.4, 0.5) is 5.69 Å². The molecule has 0 bridgehead atoms. The highest BCUT2D eigenvalue weighted by Gasteiger charge is 1.99. The van der Waals surface area contributed by atoms with Gasteiger partial charge in [-0.3, -0.25) is 0 Å². The maximum absolute atomic E-state index is 3.20. The first-order chi connectivity index (χ1) is 6.24. The molecule has 0 aliphatic carbocycles. The lowest BCUT2D eigenvalue weighted by molar-refractivity contribution is 0.414. The Morgan fingerprint density at radius 2 is 1.92 bits per heavy atom. The predicted octanol–water partition coefficient (Wildman–Crippen LogP) is 1.83. The average Bonchev–Trinajstić information content (AvgIpc) is 2.15. The normalized spacial score (nSPS) is 10.5. The largest absolute Gasteiger partial charge is 0.388 e. The van der Waals surface area contributed by atoms with E-state index in [-0.39, 0.29) is 0 Å². The van der Waals surface area contributed by atoms with E-state index in [1.165, 1.54) is 11.3 Å². The molecule has 1 aromatic rings. The second-order valence-corrected chi connectivity index (χ2v) is 3.46. The molecule has 0 fully saturated rings. The predicted molar refractivity (Wildman–Crippen MR) is 58.2 cm³/mol. The SMILES string of the molecule is CNc1ccccc1CCN(C)C. The van der Waals surface area contributed by atoms with Crippen molar-refractivity contribution in [2.75, 3.05) is 33.0 Å². The number of nitrogens with one attached hydrogen (secondary N) is 1. The topological polar surface area (TPSA) is 15.3 Å². The minimum Gasteiger partial charge on any atom is -0.388 e. The molecule has 0 atom stereocenters. The van der Waals surface area contributed by atoms with Crippen molar-refractivity contribution >= 4 is 5.69 Å². The zero-order chi connectivity index (χ0) is 9.68. The summed E-state index contributed by atoms with van der Waals surface area (Å²) >= 11 is 0. The molecule has 0 aliphatic heterocycles. The first-order valence-electron chi connectivity index (χ1n) is 4.64. The van der Waals surface area contributed by atoms with E-state index in [2.05, 4.69) is 48.6 Å². The van der Waals surface area contributed by atoms with Gasteiger partial charge in [0.15, 0.2) is 0 Å². The summed E-state index contributed by atoms with van der Waals surface area (Å²) in [6, 6.07) is 8.44. The second-order valence-electron chi connectivity index (χ2n) is 3.46. The molecule has 13 heavy (non-hydrogen) atoms. The number of likely N-dealkylation sites (N-methyl/N-ethyl adjacent to an activating group) is 1. The van der Waals surface area contributed by atoms with Crippen LogP contribution in [0.1, 0.15) is 5.56 Å². The fraction of sp³-hybridized carbons (Fsp3) is 0.455. The van der Waals surface area contributed by atoms with Gasteiger partial charge in [-0.1, -0.05) is 18.2 Å². The third-order valence-electron chi connectivity index (χ3n) is 2.12. The van der Waals surface area contributed by atoms with E-state index in [1.807, 2.05) is 7.05 Å². The Hall–Kier alpha value is -1.02. The molecule has 72 valence electrons. The van der Waals surface area contributed by atoms with E-state index in [4.69, 9.17) is 0 Å². The Balaban J connectivity index is 2.64. The number of hydrogen-bond donors (Lipinski definition) is 1. The van der Waals surface area contributed by atoms with Gasteiger partial charge in [-0.05, 0) is 32.1 Å². The lowest BCUT2D eigenvalue weighted by Crippen LogP contribution is -2.15. The smallest absolute Gasteiger partial charge is 0.0370 e. The minimum atomic E-state index is 1.10. The van der Waals surface area contributed by atoms with E-state index >= 15 is 0 Å². The second kappa shape index (κ2) is 4.87. The minimum absolute atomic E-state index is 1.10. The van der Waals surface area contributed by atoms with Gasteiger partial charge in [-0.25, -0.2) is 0 Å². The van der Waals surface area contributed by atoms with Crippen molar-refractivity contribution in [1.82, 2.24) is 4.90 Å². The van der Waals surface area contributed by atoms with Gasteiger partial charge in [-0.2, -0.15) is 0 Å². The van der Waals surface area contributed by atoms with Crippen molar-refractivity contribution < 1.29 is 0 Å². The molecule has 0 unspecified atom stereocenters. The van der Waals surface area contributed by atoms with E-state index in [0.29, 0.717) is 0 Å². The highest BCUT2D eigenvalue weighted by molar-refractivity contribution is 5.50. The summed E-state index contributed by atoms with van der Waals surface area (Å²) in [6.45, 7) is 1.10. The Bertz CT molecular complexity index is 256. The number of benzene rings is 1. The number of hydrogen-bond acceptors (Lipinski definition) is 2. The van der Waals surface area contributed by atoms with E-state index < -0.39 is 0 Å². The number of para-hydroxylation sites is 1. The van der Waals surface area contributed by atoms with Gasteiger partial charge in [0.25, 0.3) is 0 Å². The molecule has 0 heterocycles. The zero-order valence-electron chi connectivity index (χ0n) is 8.67. The first-order valence-corrected chi connectivity index (χ1v) is 4.64. The summed E-state index contributed by atoms with van der Waals surface area (Å²) in [5.41, 5.74) is 2.63. The molecule has 0 saturated heterocycles. The molecule has 1 N–H and O–H groups in total. The van der Waals surface area contributed by atoms with E-state index in [9.17, 15) is 0 Å². The van der Waals surface area contributed by atoms with Crippen LogP contribution in [-0.4, -0.2) is 32.6 Å². The monoisotopic (exact) mass is 178 g/mol. The maximum Gasteiger partial charge on any atom is 0.0370 e. The average molecular weight is 178 g/mol. The molecule has 2 nitrogen and oxygen atoms in total. The summed E-state index contributed by atoms with van der Waals surface area (Å²) in [5, 5.41) is 3.20. The third-order valence-corrected chi connectivity index (χ3v) is 2.12. The van der Waals surface area contributed by atoms with Gasteiger partial charge in [0.05, 0.1) is 0 Å². The molecule has 0 radical (unpaired) electrons. The Morgan fingerprint density at radius 1 is 1.23 bits per heavy atom. The van der Waals surface area contributed by atoms with Crippen LogP contribution in [0.2, 0.25) is 0 Å². The Labute approximate surface area is 80.6 Å². The molecule has 1 aromatic carbocycles. The quantitative estimate of drug-likeness (QED) is 0.756. The molecule has 0 aromatic heterocycles. The van der Waals surface area contributed by atoms with Crippen molar-refractivity contribution in [2.24, 2.45) is 0 Å². The van der Waals surface area contributed by atoms with Gasteiger partial charge >= 0.3 is 0 Å². The standard InChI is InChI=1S/C11H18N2/c1-12-11-7-5-4-6-10(11)8-9-13(2)3/h4-7,12H,8-9H2,1-3H3. The van der Waals surface area contributed by atoms with Crippen LogP contribution in [-0.2, 0) is 6.42 Å². The number of rotatable bonds is 4. The lowest BCUT2D eigenvalue weighted by Gasteiger charge is -2.12. The molecular formula is C11H18N2. The Kier molecular flexibility index (Phi) is 3.77. The van der Waals surface area contributed by atoms with Crippen LogP contribution in [0.25, 0.3) is 0 Å². The van der Waals surface area contributed by atoms with Gasteiger partial charge in [0, 0.05) is 19.3 Å². The van der Waals surface area contributed by atoms with Gasteiger partial charge in [-0.15, -0.1) is 0 Å². The van der Waals surface area contributed by atoms with Crippen LogP contribution in [0.5, 0.6) is 0 Å². The molecule has 0 saturated carbocycles. The first kappa shape index (κ1) is 10.1. The van der Waals surface area contributed by atoms with Crippen LogP contribution in [0.15, 0.2) is 24.3 Å². The number of nitrogens with zero attached hydrogens (tertiary/aromatic N) is 1. The van der Waals surface area contributed by atoms with Crippen LogP contribution < -0.4 is 5.32 Å². The summed E-state index contributed by atoms with van der Waals surface area (Å²) in [4.78, 5) is 2.20. The molecular weight excluding hydrogens is 160 g/mol. The van der Waals surface area contributed by atoms with Crippen molar-refractivity contribution in [2.45, 2.75) is 6.42 Å². The van der Waals surface area contributed by atoms with Crippen LogP contribution in [0.3, 0.4) is 0 Å². The summed E-state index contributed by atoms with van der Waals surface area (Å²) in [5.74, 6) is 0. The molecule has 0 amide bonds. The summed E-state index contributed by atoms with van der Waals surface area (Å²) in [6.07, 6.45) is 1.10. The summed E-state index contributed by atoms with van der Waals surface area (Å²) < 4.78 is 0. The fourth-order valence-electron chi connectivity index (χ4n) is 1.33. The molecule has 2 heteroatoms. The van der Waals surface area contributed by atoms with Gasteiger partial charge in [0.2, 0.25) is 0 Å². The van der Waals surface area contributed by atoms with Crippen molar-refractivity contribution in [3.05, 3.63) is 29.8 Å². The van der Waals surface area contributed by atoms with Gasteiger partial charge < -0.3 is 10.2 Å². The van der Waals surface area contributed by atoms with Crippen molar-refractivity contribution in [3.8, 4) is 0 Å². The summed E-state index contributed by atoms with van der Waals surface area (Å²) in [7, 11) is 6.17. The van der Waals surface area contributed by atoms with Crippen molar-refractivity contribution in [3.63, 3.8) is 0 Å². The fourth-order valence-corrected chi connectivity index (χ4v) is 1.33. The highest BCUT2D eigenvalue weighted by Crippen LogP contribution is 2.14. The Morgan fingerprint density at radius 3 is 2.54 bits per heavy atom. The van der Waals surface area contributed by atoms with Gasteiger partial charge in [0.1, 0.15) is 0 Å². The lowest BCUT2D eigenvalue weighted by atomic mass is 10.1.